The summed E-state index contributed by atoms with van der Waals surface area (Å²) in [6.07, 6.45) is 6.81. The van der Waals surface area contributed by atoms with Crippen LogP contribution in [0.15, 0.2) is 18.5 Å². The van der Waals surface area contributed by atoms with E-state index in [0.29, 0.717) is 17.2 Å². The van der Waals surface area contributed by atoms with Crippen LogP contribution in [0.5, 0.6) is 0 Å². The van der Waals surface area contributed by atoms with Gasteiger partial charge in [-0.05, 0) is 37.5 Å². The number of fused-ring (bicyclic) bond motifs is 1. The van der Waals surface area contributed by atoms with Crippen LogP contribution in [-0.2, 0) is 0 Å². The van der Waals surface area contributed by atoms with Gasteiger partial charge in [-0.2, -0.15) is 19.6 Å². The molecule has 2 aromatic heterocycles. The highest BCUT2D eigenvalue weighted by atomic mass is 35.5. The van der Waals surface area contributed by atoms with Crippen molar-refractivity contribution in [3.8, 4) is 11.1 Å². The minimum absolute atomic E-state index is 0.0224. The SMILES string of the molecule is Cc1cc(F)c(-c2c(Cl)nc3ncnn3c2N2CCCCCCC2)c(F)c1. The first-order valence-electron chi connectivity index (χ1n) is 9.16. The van der Waals surface area contributed by atoms with Gasteiger partial charge in [0.05, 0.1) is 11.1 Å². The fraction of sp³-hybridized carbons (Fsp3) is 0.421. The van der Waals surface area contributed by atoms with Crippen molar-refractivity contribution in [2.24, 2.45) is 0 Å². The van der Waals surface area contributed by atoms with E-state index in [4.69, 9.17) is 11.6 Å². The zero-order valence-electron chi connectivity index (χ0n) is 15.1. The van der Waals surface area contributed by atoms with E-state index in [1.54, 1.807) is 6.92 Å². The van der Waals surface area contributed by atoms with E-state index in [-0.39, 0.29) is 16.3 Å². The van der Waals surface area contributed by atoms with Gasteiger partial charge >= 0.3 is 0 Å². The normalized spacial score (nSPS) is 15.8. The maximum absolute atomic E-state index is 14.8. The molecule has 5 nitrogen and oxygen atoms in total. The van der Waals surface area contributed by atoms with Crippen LogP contribution in [-0.4, -0.2) is 32.7 Å². The Morgan fingerprint density at radius 2 is 1.59 bits per heavy atom. The second-order valence-electron chi connectivity index (χ2n) is 6.93. The first-order valence-corrected chi connectivity index (χ1v) is 9.54. The molecule has 27 heavy (non-hydrogen) atoms. The van der Waals surface area contributed by atoms with Gasteiger partial charge in [0.25, 0.3) is 5.78 Å². The van der Waals surface area contributed by atoms with Gasteiger partial charge in [-0.1, -0.05) is 30.9 Å². The Labute approximate surface area is 161 Å². The summed E-state index contributed by atoms with van der Waals surface area (Å²) in [5.74, 6) is -0.465. The molecule has 142 valence electrons. The van der Waals surface area contributed by atoms with E-state index in [9.17, 15) is 8.78 Å². The molecule has 3 aromatic rings. The summed E-state index contributed by atoms with van der Waals surface area (Å²) in [4.78, 5) is 10.4. The van der Waals surface area contributed by atoms with Gasteiger partial charge in [-0.25, -0.2) is 8.78 Å². The summed E-state index contributed by atoms with van der Waals surface area (Å²) in [6, 6.07) is 2.61. The standard InChI is InChI=1S/C19H20ClF2N5/c1-12-9-13(21)15(14(22)10-12)16-17(20)25-19-23-11-24-27(19)18(16)26-7-5-3-2-4-6-8-26/h9-11H,2-8H2,1H3. The smallest absolute Gasteiger partial charge is 0.255 e. The first kappa shape index (κ1) is 18.1. The van der Waals surface area contributed by atoms with Crippen LogP contribution < -0.4 is 4.90 Å². The highest BCUT2D eigenvalue weighted by molar-refractivity contribution is 6.33. The molecular weight excluding hydrogens is 372 g/mol. The van der Waals surface area contributed by atoms with Crippen molar-refractivity contribution in [2.75, 3.05) is 18.0 Å². The molecule has 0 amide bonds. The lowest BCUT2D eigenvalue weighted by Gasteiger charge is -2.29. The molecule has 0 bridgehead atoms. The van der Waals surface area contributed by atoms with E-state index in [1.165, 1.54) is 29.4 Å². The van der Waals surface area contributed by atoms with Gasteiger partial charge < -0.3 is 4.90 Å². The number of aryl methyl sites for hydroxylation is 1. The average Bonchev–Trinajstić information content (AvgIpc) is 3.02. The Morgan fingerprint density at radius 1 is 0.963 bits per heavy atom. The molecule has 1 fully saturated rings. The molecule has 8 heteroatoms. The number of hydrogen-bond acceptors (Lipinski definition) is 4. The monoisotopic (exact) mass is 391 g/mol. The van der Waals surface area contributed by atoms with E-state index in [0.717, 1.165) is 38.8 Å². The summed E-state index contributed by atoms with van der Waals surface area (Å²) >= 11 is 6.42. The van der Waals surface area contributed by atoms with Crippen molar-refractivity contribution in [3.63, 3.8) is 0 Å². The number of halogens is 3. The second kappa shape index (κ2) is 7.38. The van der Waals surface area contributed by atoms with Crippen molar-refractivity contribution in [3.05, 3.63) is 40.8 Å². The predicted molar refractivity (Wildman–Crippen MR) is 101 cm³/mol. The van der Waals surface area contributed by atoms with Gasteiger partial charge in [0, 0.05) is 13.1 Å². The average molecular weight is 392 g/mol. The van der Waals surface area contributed by atoms with Crippen LogP contribution in [0.25, 0.3) is 16.9 Å². The van der Waals surface area contributed by atoms with Gasteiger partial charge in [0.1, 0.15) is 28.9 Å². The molecule has 0 aliphatic carbocycles. The number of anilines is 1. The van der Waals surface area contributed by atoms with Crippen LogP contribution in [0.2, 0.25) is 5.15 Å². The van der Waals surface area contributed by atoms with Gasteiger partial charge in [-0.3, -0.25) is 0 Å². The Kier molecular flexibility index (Phi) is 4.95. The van der Waals surface area contributed by atoms with Crippen LogP contribution in [0.3, 0.4) is 0 Å². The number of nitrogens with zero attached hydrogens (tertiary/aromatic N) is 5. The van der Waals surface area contributed by atoms with E-state index in [1.807, 2.05) is 0 Å². The van der Waals surface area contributed by atoms with Crippen LogP contribution in [0.4, 0.5) is 14.6 Å². The van der Waals surface area contributed by atoms with Crippen LogP contribution in [0, 0.1) is 18.6 Å². The maximum atomic E-state index is 14.8. The molecule has 1 aromatic carbocycles. The lowest BCUT2D eigenvalue weighted by atomic mass is 10.0. The van der Waals surface area contributed by atoms with E-state index < -0.39 is 11.6 Å². The molecule has 0 N–H and O–H groups in total. The summed E-state index contributed by atoms with van der Waals surface area (Å²) in [6.45, 7) is 3.17. The Hall–Kier alpha value is -2.28. The topological polar surface area (TPSA) is 46.3 Å². The molecule has 0 radical (unpaired) electrons. The van der Waals surface area contributed by atoms with Crippen molar-refractivity contribution in [2.45, 2.75) is 39.0 Å². The quantitative estimate of drug-likeness (QED) is 0.588. The second-order valence-corrected chi connectivity index (χ2v) is 7.29. The lowest BCUT2D eigenvalue weighted by Crippen LogP contribution is -2.30. The molecule has 0 spiro atoms. The minimum Gasteiger partial charge on any atom is -0.356 e. The first-order chi connectivity index (χ1) is 13.1. The summed E-state index contributed by atoms with van der Waals surface area (Å²) in [5, 5.41) is 4.27. The molecule has 1 saturated heterocycles. The van der Waals surface area contributed by atoms with Crippen molar-refractivity contribution in [1.82, 2.24) is 19.6 Å². The van der Waals surface area contributed by atoms with Crippen LogP contribution in [0.1, 0.15) is 37.7 Å². The number of hydrogen-bond donors (Lipinski definition) is 0. The van der Waals surface area contributed by atoms with Crippen molar-refractivity contribution < 1.29 is 8.78 Å². The highest BCUT2D eigenvalue weighted by Gasteiger charge is 2.27. The fourth-order valence-electron chi connectivity index (χ4n) is 3.71. The largest absolute Gasteiger partial charge is 0.356 e. The fourth-order valence-corrected chi connectivity index (χ4v) is 3.96. The molecule has 1 aliphatic rings. The van der Waals surface area contributed by atoms with E-state index >= 15 is 0 Å². The zero-order valence-corrected chi connectivity index (χ0v) is 15.8. The molecule has 3 heterocycles. The predicted octanol–water partition coefficient (Wildman–Crippen LogP) is 4.80. The summed E-state index contributed by atoms with van der Waals surface area (Å²) in [5.41, 5.74) is 0.560. The van der Waals surface area contributed by atoms with Gasteiger partial charge in [0.15, 0.2) is 0 Å². The highest BCUT2D eigenvalue weighted by Crippen LogP contribution is 2.39. The molecule has 4 rings (SSSR count). The van der Waals surface area contributed by atoms with Gasteiger partial charge in [-0.15, -0.1) is 0 Å². The third kappa shape index (κ3) is 3.36. The molecule has 0 unspecified atom stereocenters. The number of rotatable bonds is 2. The minimum atomic E-state index is -0.663. The molecule has 0 saturated carbocycles. The summed E-state index contributed by atoms with van der Waals surface area (Å²) in [7, 11) is 0. The zero-order chi connectivity index (χ0) is 19.0. The molecule has 0 atom stereocenters. The molecule has 1 aliphatic heterocycles. The third-order valence-electron chi connectivity index (χ3n) is 4.95. The summed E-state index contributed by atoms with van der Waals surface area (Å²) < 4.78 is 31.1. The molecular formula is C19H20ClF2N5. The number of benzene rings is 1. The Morgan fingerprint density at radius 3 is 2.26 bits per heavy atom. The van der Waals surface area contributed by atoms with Gasteiger partial charge in [0.2, 0.25) is 0 Å². The van der Waals surface area contributed by atoms with Crippen molar-refractivity contribution >= 4 is 23.2 Å². The third-order valence-corrected chi connectivity index (χ3v) is 5.22. The van der Waals surface area contributed by atoms with Crippen LogP contribution >= 0.6 is 11.6 Å². The number of aromatic nitrogens is 4. The van der Waals surface area contributed by atoms with Crippen molar-refractivity contribution in [1.29, 1.82) is 0 Å². The Balaban J connectivity index is 1.99. The Bertz CT molecular complexity index is 957. The maximum Gasteiger partial charge on any atom is 0.255 e. The lowest BCUT2D eigenvalue weighted by molar-refractivity contribution is 0.550. The van der Waals surface area contributed by atoms with E-state index in [2.05, 4.69) is 20.0 Å².